The average molecular weight is 533 g/mol. The summed E-state index contributed by atoms with van der Waals surface area (Å²) in [6.45, 7) is 1.93. The number of aryl methyl sites for hydroxylation is 1. The fourth-order valence-corrected chi connectivity index (χ4v) is 4.84. The van der Waals surface area contributed by atoms with Crippen molar-refractivity contribution in [1.82, 2.24) is 4.98 Å². The van der Waals surface area contributed by atoms with E-state index in [0.29, 0.717) is 40.9 Å². The van der Waals surface area contributed by atoms with Crippen molar-refractivity contribution in [2.75, 3.05) is 0 Å². The lowest BCUT2D eigenvalue weighted by Crippen LogP contribution is -2.25. The van der Waals surface area contributed by atoms with Crippen LogP contribution in [0.3, 0.4) is 0 Å². The molecule has 0 saturated heterocycles. The van der Waals surface area contributed by atoms with Crippen molar-refractivity contribution >= 4 is 21.6 Å². The molecule has 0 fully saturated rings. The average Bonchev–Trinajstić information content (AvgIpc) is 3.23. The molecular formula is C27H14F7NOS. The number of fused-ring (bicyclic) bond motifs is 1. The van der Waals surface area contributed by atoms with E-state index in [1.165, 1.54) is 23.5 Å². The monoisotopic (exact) mass is 533 g/mol. The number of ether oxygens (including phenoxy) is 1. The largest absolute Gasteiger partial charge is 0.432 e. The first-order valence-electron chi connectivity index (χ1n) is 10.7. The van der Waals surface area contributed by atoms with E-state index in [2.05, 4.69) is 9.72 Å². The van der Waals surface area contributed by atoms with Crippen LogP contribution in [0.4, 0.5) is 30.7 Å². The number of thiazole rings is 1. The maximum atomic E-state index is 15.0. The summed E-state index contributed by atoms with van der Waals surface area (Å²) >= 11 is 1.35. The van der Waals surface area contributed by atoms with Crippen LogP contribution in [-0.4, -0.2) is 4.98 Å². The van der Waals surface area contributed by atoms with Gasteiger partial charge >= 0.3 is 6.11 Å². The molecule has 0 bridgehead atoms. The second kappa shape index (κ2) is 9.19. The van der Waals surface area contributed by atoms with Gasteiger partial charge in [0.25, 0.3) is 0 Å². The van der Waals surface area contributed by atoms with Crippen molar-refractivity contribution in [2.45, 2.75) is 13.0 Å². The first kappa shape index (κ1) is 24.8. The van der Waals surface area contributed by atoms with Gasteiger partial charge in [0.05, 0.1) is 10.2 Å². The lowest BCUT2D eigenvalue weighted by molar-refractivity contribution is -0.189. The molecule has 0 aliphatic carbocycles. The van der Waals surface area contributed by atoms with Crippen LogP contribution in [0, 0.1) is 36.0 Å². The Morgan fingerprint density at radius 3 is 2.08 bits per heavy atom. The Labute approximate surface area is 209 Å². The minimum atomic E-state index is -4.58. The minimum Gasteiger partial charge on any atom is -0.429 e. The predicted octanol–water partition coefficient (Wildman–Crippen LogP) is 8.76. The maximum absolute atomic E-state index is 15.0. The third-order valence-electron chi connectivity index (χ3n) is 5.54. The number of alkyl halides is 2. The molecule has 1 heterocycles. The molecule has 37 heavy (non-hydrogen) atoms. The molecule has 0 aliphatic rings. The second-order valence-corrected chi connectivity index (χ2v) is 9.23. The molecule has 5 aromatic rings. The van der Waals surface area contributed by atoms with Crippen LogP contribution in [-0.2, 0) is 6.11 Å². The summed E-state index contributed by atoms with van der Waals surface area (Å²) in [5.74, 6) is -7.92. The van der Waals surface area contributed by atoms with Crippen LogP contribution < -0.4 is 4.74 Å². The predicted molar refractivity (Wildman–Crippen MR) is 126 cm³/mol. The van der Waals surface area contributed by atoms with Crippen LogP contribution in [0.25, 0.3) is 31.9 Å². The number of hydrogen-bond acceptors (Lipinski definition) is 3. The van der Waals surface area contributed by atoms with Gasteiger partial charge in [0.15, 0.2) is 11.6 Å². The zero-order valence-corrected chi connectivity index (χ0v) is 19.6. The summed E-state index contributed by atoms with van der Waals surface area (Å²) in [4.78, 5) is 4.47. The molecule has 0 aliphatic heterocycles. The molecule has 0 saturated carbocycles. The lowest BCUT2D eigenvalue weighted by Gasteiger charge is -2.20. The zero-order valence-electron chi connectivity index (χ0n) is 18.8. The van der Waals surface area contributed by atoms with Crippen LogP contribution in [0.5, 0.6) is 5.75 Å². The van der Waals surface area contributed by atoms with E-state index in [1.807, 2.05) is 25.1 Å². The van der Waals surface area contributed by atoms with E-state index in [0.717, 1.165) is 21.8 Å². The summed E-state index contributed by atoms with van der Waals surface area (Å²) in [5, 5.41) is 0.535. The van der Waals surface area contributed by atoms with E-state index in [4.69, 9.17) is 0 Å². The maximum Gasteiger partial charge on any atom is 0.432 e. The molecule has 0 radical (unpaired) electrons. The highest BCUT2D eigenvalue weighted by Gasteiger charge is 2.41. The summed E-state index contributed by atoms with van der Waals surface area (Å²) in [5.41, 5.74) is -0.105. The normalized spacial score (nSPS) is 11.8. The van der Waals surface area contributed by atoms with Gasteiger partial charge in [0.1, 0.15) is 33.8 Å². The summed E-state index contributed by atoms with van der Waals surface area (Å²) in [6.07, 6.45) is -4.58. The van der Waals surface area contributed by atoms with Crippen molar-refractivity contribution in [1.29, 1.82) is 0 Å². The Morgan fingerprint density at radius 1 is 0.703 bits per heavy atom. The Morgan fingerprint density at radius 2 is 1.41 bits per heavy atom. The van der Waals surface area contributed by atoms with Gasteiger partial charge in [-0.15, -0.1) is 11.3 Å². The number of rotatable bonds is 5. The number of nitrogens with zero attached hydrogens (tertiary/aromatic N) is 1. The molecule has 0 amide bonds. The molecule has 4 aromatic carbocycles. The molecule has 2 nitrogen and oxygen atoms in total. The van der Waals surface area contributed by atoms with Gasteiger partial charge < -0.3 is 4.74 Å². The van der Waals surface area contributed by atoms with Gasteiger partial charge in [-0.3, -0.25) is 0 Å². The molecule has 10 heteroatoms. The first-order chi connectivity index (χ1) is 17.5. The molecule has 1 aromatic heterocycles. The van der Waals surface area contributed by atoms with Gasteiger partial charge in [0, 0.05) is 17.2 Å². The third-order valence-corrected chi connectivity index (χ3v) is 6.61. The highest BCUT2D eigenvalue weighted by atomic mass is 32.1. The third kappa shape index (κ3) is 4.76. The van der Waals surface area contributed by atoms with Crippen molar-refractivity contribution in [2.24, 2.45) is 0 Å². The van der Waals surface area contributed by atoms with Crippen molar-refractivity contribution in [3.05, 3.63) is 107 Å². The highest BCUT2D eigenvalue weighted by molar-refractivity contribution is 7.21. The van der Waals surface area contributed by atoms with Crippen LogP contribution >= 0.6 is 11.3 Å². The fourth-order valence-electron chi connectivity index (χ4n) is 3.78. The molecular weight excluding hydrogens is 519 g/mol. The van der Waals surface area contributed by atoms with E-state index in [9.17, 15) is 30.7 Å². The van der Waals surface area contributed by atoms with Crippen LogP contribution in [0.15, 0.2) is 66.7 Å². The first-order valence-corrected chi connectivity index (χ1v) is 11.5. The minimum absolute atomic E-state index is 0.227. The van der Waals surface area contributed by atoms with Crippen molar-refractivity contribution < 1.29 is 35.5 Å². The molecule has 188 valence electrons. The van der Waals surface area contributed by atoms with Gasteiger partial charge in [-0.2, -0.15) is 8.78 Å². The van der Waals surface area contributed by atoms with E-state index in [1.54, 1.807) is 0 Å². The second-order valence-electron chi connectivity index (χ2n) is 8.19. The van der Waals surface area contributed by atoms with Crippen LogP contribution in [0.1, 0.15) is 11.1 Å². The molecule has 5 rings (SSSR count). The summed E-state index contributed by atoms with van der Waals surface area (Å²) in [7, 11) is 0. The Bertz CT molecular complexity index is 1640. The topological polar surface area (TPSA) is 22.1 Å². The smallest absolute Gasteiger partial charge is 0.429 e. The van der Waals surface area contributed by atoms with Gasteiger partial charge in [-0.05, 0) is 60.5 Å². The van der Waals surface area contributed by atoms with Gasteiger partial charge in [0.2, 0.25) is 0 Å². The lowest BCUT2D eigenvalue weighted by atomic mass is 10.0. The van der Waals surface area contributed by atoms with Crippen molar-refractivity contribution in [3.63, 3.8) is 0 Å². The van der Waals surface area contributed by atoms with Gasteiger partial charge in [-0.25, -0.2) is 26.9 Å². The standard InChI is InChI=1S/C27H14F7NOS/c1-13-2-7-23-24(8-13)37-26(35-23)14-3-5-17(19(29)9-14)15-10-21(31)25(22(32)11-15)27(33,34)36-16-4-6-18(28)20(30)12-16/h2-12H,1H3. The molecule has 0 N–H and O–H groups in total. The van der Waals surface area contributed by atoms with Gasteiger partial charge in [-0.1, -0.05) is 18.2 Å². The molecule has 0 atom stereocenters. The number of aromatic nitrogens is 1. The SMILES string of the molecule is Cc1ccc2nc(-c3ccc(-c4cc(F)c(C(F)(F)Oc5ccc(F)c(F)c5)c(F)c4)c(F)c3)sc2c1. The highest BCUT2D eigenvalue weighted by Crippen LogP contribution is 2.38. The summed E-state index contributed by atoms with van der Waals surface area (Å²) in [6, 6.07) is 12.2. The quantitative estimate of drug-likeness (QED) is 0.211. The molecule has 0 spiro atoms. The Hall–Kier alpha value is -3.92. The van der Waals surface area contributed by atoms with E-state index < -0.39 is 46.5 Å². The number of hydrogen-bond donors (Lipinski definition) is 0. The Kier molecular flexibility index (Phi) is 6.15. The Balaban J connectivity index is 1.46. The van der Waals surface area contributed by atoms with E-state index in [-0.39, 0.29) is 11.1 Å². The zero-order chi connectivity index (χ0) is 26.5. The van der Waals surface area contributed by atoms with E-state index >= 15 is 0 Å². The van der Waals surface area contributed by atoms with Crippen LogP contribution in [0.2, 0.25) is 0 Å². The fraction of sp³-hybridized carbons (Fsp3) is 0.0741. The van der Waals surface area contributed by atoms with Crippen molar-refractivity contribution in [3.8, 4) is 27.4 Å². The molecule has 0 unspecified atom stereocenters. The number of halogens is 7. The summed E-state index contributed by atoms with van der Waals surface area (Å²) < 4.78 is 105. The number of benzene rings is 4.